The maximum atomic E-state index is 13.8. The Morgan fingerprint density at radius 1 is 1.14 bits per heavy atom. The smallest absolute Gasteiger partial charge is 0.148 e. The molecular formula is C29H35FN2O2S. The number of aryl methyl sites for hydroxylation is 1. The summed E-state index contributed by atoms with van der Waals surface area (Å²) < 4.78 is 19.3. The summed E-state index contributed by atoms with van der Waals surface area (Å²) in [6, 6.07) is 11.7. The van der Waals surface area contributed by atoms with Crippen LogP contribution >= 0.6 is 11.3 Å². The number of halogens is 1. The Morgan fingerprint density at radius 2 is 1.83 bits per heavy atom. The molecule has 0 aliphatic heterocycles. The fourth-order valence-electron chi connectivity index (χ4n) is 3.51. The van der Waals surface area contributed by atoms with E-state index in [0.29, 0.717) is 17.2 Å². The van der Waals surface area contributed by atoms with Gasteiger partial charge in [0.05, 0.1) is 5.56 Å². The molecule has 2 aromatic carbocycles. The Hall–Kier alpha value is -3.04. The molecule has 0 amide bonds. The summed E-state index contributed by atoms with van der Waals surface area (Å²) >= 11 is 1.48. The number of carbonyl (C=O) groups excluding carboxylic acids is 1. The van der Waals surface area contributed by atoms with E-state index in [1.807, 2.05) is 46.8 Å². The standard InChI is InChI=1S/C25H23FN2O2S.2C2H6/c1-5-16-11-18(7-9-22(16)30-14-25(3,4)26)23-27-28-24(31-23)20-8-6-17(10-15(20)2)21-12-19(21)13-29;2*1-2/h1,6-11,13,19,21H,12,14H2,2-4H3;2*1-2H3. The van der Waals surface area contributed by atoms with Gasteiger partial charge in [0, 0.05) is 17.0 Å². The Balaban J connectivity index is 0.00000103. The molecule has 4 rings (SSSR count). The van der Waals surface area contributed by atoms with Crippen LogP contribution in [0.3, 0.4) is 0 Å². The van der Waals surface area contributed by atoms with Crippen molar-refractivity contribution in [3.8, 4) is 39.2 Å². The highest BCUT2D eigenvalue weighted by molar-refractivity contribution is 7.17. The molecule has 1 aliphatic carbocycles. The summed E-state index contributed by atoms with van der Waals surface area (Å²) in [6.45, 7) is 12.9. The van der Waals surface area contributed by atoms with Crippen molar-refractivity contribution >= 4 is 17.6 Å². The minimum Gasteiger partial charge on any atom is -0.489 e. The van der Waals surface area contributed by atoms with Gasteiger partial charge in [-0.2, -0.15) is 0 Å². The van der Waals surface area contributed by atoms with Crippen LogP contribution in [0.25, 0.3) is 21.1 Å². The fourth-order valence-corrected chi connectivity index (χ4v) is 4.44. The number of aldehydes is 1. The third kappa shape index (κ3) is 7.22. The highest BCUT2D eigenvalue weighted by Gasteiger charge is 2.38. The first kappa shape index (κ1) is 28.2. The minimum atomic E-state index is -1.44. The molecule has 1 heterocycles. The first-order valence-corrected chi connectivity index (χ1v) is 12.9. The van der Waals surface area contributed by atoms with E-state index >= 15 is 0 Å². The first-order chi connectivity index (χ1) is 16.8. The number of hydrogen-bond acceptors (Lipinski definition) is 5. The Bertz CT molecular complexity index is 1170. The van der Waals surface area contributed by atoms with Gasteiger partial charge in [0.1, 0.15) is 34.3 Å². The van der Waals surface area contributed by atoms with Crippen LogP contribution in [0.2, 0.25) is 0 Å². The molecule has 2 atom stereocenters. The lowest BCUT2D eigenvalue weighted by molar-refractivity contribution is -0.108. The van der Waals surface area contributed by atoms with Gasteiger partial charge in [-0.15, -0.1) is 16.6 Å². The summed E-state index contributed by atoms with van der Waals surface area (Å²) in [6.07, 6.45) is 7.62. The fraction of sp³-hybridized carbons (Fsp3) is 0.414. The second-order valence-corrected chi connectivity index (χ2v) is 9.47. The number of hydrogen-bond donors (Lipinski definition) is 0. The molecule has 35 heavy (non-hydrogen) atoms. The monoisotopic (exact) mass is 494 g/mol. The lowest BCUT2D eigenvalue weighted by Gasteiger charge is -2.16. The van der Waals surface area contributed by atoms with Crippen molar-refractivity contribution in [1.29, 1.82) is 0 Å². The third-order valence-electron chi connectivity index (χ3n) is 5.30. The van der Waals surface area contributed by atoms with Crippen LogP contribution < -0.4 is 4.74 Å². The van der Waals surface area contributed by atoms with Gasteiger partial charge < -0.3 is 9.53 Å². The van der Waals surface area contributed by atoms with Gasteiger partial charge in [0.15, 0.2) is 0 Å². The number of nitrogens with zero attached hydrogens (tertiary/aromatic N) is 2. The van der Waals surface area contributed by atoms with Crippen LogP contribution in [-0.2, 0) is 4.79 Å². The van der Waals surface area contributed by atoms with Crippen LogP contribution in [0.5, 0.6) is 5.75 Å². The van der Waals surface area contributed by atoms with E-state index in [0.717, 1.165) is 39.4 Å². The highest BCUT2D eigenvalue weighted by atomic mass is 32.1. The quantitative estimate of drug-likeness (QED) is 0.250. The van der Waals surface area contributed by atoms with E-state index in [9.17, 15) is 9.18 Å². The second kappa shape index (κ2) is 12.6. The first-order valence-electron chi connectivity index (χ1n) is 12.1. The summed E-state index contributed by atoms with van der Waals surface area (Å²) in [5.74, 6) is 3.59. The molecule has 186 valence electrons. The summed E-state index contributed by atoms with van der Waals surface area (Å²) in [5.41, 5.74) is 3.28. The lowest BCUT2D eigenvalue weighted by atomic mass is 10.0. The summed E-state index contributed by atoms with van der Waals surface area (Å²) in [4.78, 5) is 11.0. The van der Waals surface area contributed by atoms with Crippen molar-refractivity contribution in [2.75, 3.05) is 6.61 Å². The van der Waals surface area contributed by atoms with E-state index in [1.165, 1.54) is 30.7 Å². The van der Waals surface area contributed by atoms with E-state index in [4.69, 9.17) is 11.2 Å². The van der Waals surface area contributed by atoms with Gasteiger partial charge in [-0.3, -0.25) is 0 Å². The van der Waals surface area contributed by atoms with Crippen LogP contribution in [-0.4, -0.2) is 28.8 Å². The van der Waals surface area contributed by atoms with Gasteiger partial charge in [-0.25, -0.2) is 4.39 Å². The van der Waals surface area contributed by atoms with Crippen molar-refractivity contribution in [1.82, 2.24) is 10.2 Å². The average molecular weight is 495 g/mol. The maximum Gasteiger partial charge on any atom is 0.148 e. The molecule has 1 aliphatic rings. The largest absolute Gasteiger partial charge is 0.489 e. The number of benzene rings is 2. The summed E-state index contributed by atoms with van der Waals surface area (Å²) in [7, 11) is 0. The van der Waals surface area contributed by atoms with E-state index in [-0.39, 0.29) is 12.5 Å². The number of terminal acetylenes is 1. The molecule has 0 spiro atoms. The van der Waals surface area contributed by atoms with Crippen LogP contribution in [0.1, 0.15) is 70.6 Å². The highest BCUT2D eigenvalue weighted by Crippen LogP contribution is 2.46. The SMILES string of the molecule is C#Cc1cc(-c2nnc(-c3ccc(C4CC4C=O)cc3C)s2)ccc1OCC(C)(C)F.CC.CC. The van der Waals surface area contributed by atoms with Crippen LogP contribution in [0.15, 0.2) is 36.4 Å². The molecule has 1 saturated carbocycles. The Morgan fingerprint density at radius 3 is 2.40 bits per heavy atom. The number of carbonyl (C=O) groups is 1. The topological polar surface area (TPSA) is 52.1 Å². The molecule has 0 radical (unpaired) electrons. The van der Waals surface area contributed by atoms with Gasteiger partial charge in [0.2, 0.25) is 0 Å². The Kier molecular flexibility index (Phi) is 10.2. The zero-order chi connectivity index (χ0) is 26.2. The Labute approximate surface area is 213 Å². The molecule has 0 saturated heterocycles. The summed E-state index contributed by atoms with van der Waals surface area (Å²) in [5, 5.41) is 10.3. The van der Waals surface area contributed by atoms with Gasteiger partial charge in [-0.1, -0.05) is 63.2 Å². The molecule has 0 bridgehead atoms. The van der Waals surface area contributed by atoms with Crippen molar-refractivity contribution in [3.05, 3.63) is 53.1 Å². The molecule has 0 N–H and O–H groups in total. The molecule has 3 aromatic rings. The van der Waals surface area contributed by atoms with Crippen molar-refractivity contribution < 1.29 is 13.9 Å². The molecule has 2 unspecified atom stereocenters. The number of ether oxygens (including phenoxy) is 1. The maximum absolute atomic E-state index is 13.8. The number of aromatic nitrogens is 2. The van der Waals surface area contributed by atoms with Crippen molar-refractivity contribution in [2.45, 2.75) is 66.5 Å². The molecule has 1 fully saturated rings. The van der Waals surface area contributed by atoms with E-state index in [1.54, 1.807) is 6.07 Å². The molecule has 1 aromatic heterocycles. The molecular weight excluding hydrogens is 459 g/mol. The van der Waals surface area contributed by atoms with Crippen LogP contribution in [0, 0.1) is 25.2 Å². The third-order valence-corrected chi connectivity index (χ3v) is 6.31. The predicted octanol–water partition coefficient (Wildman–Crippen LogP) is 7.64. The second-order valence-electron chi connectivity index (χ2n) is 8.49. The average Bonchev–Trinajstić information content (AvgIpc) is 3.51. The number of alkyl halides is 1. The normalized spacial score (nSPS) is 16.1. The van der Waals surface area contributed by atoms with Crippen LogP contribution in [0.4, 0.5) is 4.39 Å². The lowest BCUT2D eigenvalue weighted by Crippen LogP contribution is -2.22. The van der Waals surface area contributed by atoms with Gasteiger partial charge in [0.25, 0.3) is 0 Å². The van der Waals surface area contributed by atoms with Gasteiger partial charge in [-0.05, 0) is 62.4 Å². The van der Waals surface area contributed by atoms with Gasteiger partial charge >= 0.3 is 0 Å². The zero-order valence-corrected chi connectivity index (χ0v) is 22.5. The zero-order valence-electron chi connectivity index (χ0n) is 21.7. The van der Waals surface area contributed by atoms with E-state index in [2.05, 4.69) is 34.3 Å². The number of rotatable bonds is 7. The minimum absolute atomic E-state index is 0.0757. The van der Waals surface area contributed by atoms with E-state index < -0.39 is 5.67 Å². The van der Waals surface area contributed by atoms with Crippen molar-refractivity contribution in [2.24, 2.45) is 5.92 Å². The molecule has 4 nitrogen and oxygen atoms in total. The van der Waals surface area contributed by atoms with Crippen molar-refractivity contribution in [3.63, 3.8) is 0 Å². The predicted molar refractivity (Wildman–Crippen MR) is 144 cm³/mol. The molecule has 6 heteroatoms.